The average molecular weight is 317 g/mol. The summed E-state index contributed by atoms with van der Waals surface area (Å²) in [6, 6.07) is 4.11. The van der Waals surface area contributed by atoms with E-state index >= 15 is 0 Å². The lowest BCUT2D eigenvalue weighted by Crippen LogP contribution is -2.38. The maximum atomic E-state index is 13.0. The molecule has 0 aliphatic rings. The first-order valence-electron chi connectivity index (χ1n) is 5.70. The minimum absolute atomic E-state index is 0.124. The van der Waals surface area contributed by atoms with E-state index < -0.39 is 0 Å². The van der Waals surface area contributed by atoms with Crippen LogP contribution in [-0.2, 0) is 4.79 Å². The Kier molecular flexibility index (Phi) is 4.87. The number of halogens is 2. The van der Waals surface area contributed by atoms with E-state index in [0.29, 0.717) is 10.2 Å². The van der Waals surface area contributed by atoms with Gasteiger partial charge in [0.05, 0.1) is 4.47 Å². The first-order valence-corrected chi connectivity index (χ1v) is 6.50. The van der Waals surface area contributed by atoms with Crippen LogP contribution in [0.25, 0.3) is 0 Å². The minimum Gasteiger partial charge on any atom is -0.327 e. The molecule has 0 saturated heterocycles. The lowest BCUT2D eigenvalue weighted by molar-refractivity contribution is -0.117. The first-order chi connectivity index (χ1) is 8.20. The van der Waals surface area contributed by atoms with Crippen molar-refractivity contribution in [2.75, 3.05) is 5.32 Å². The van der Waals surface area contributed by atoms with E-state index in [4.69, 9.17) is 5.73 Å². The molecular formula is C13H18BrFN2O. The highest BCUT2D eigenvalue weighted by atomic mass is 79.9. The predicted molar refractivity (Wildman–Crippen MR) is 74.8 cm³/mol. The largest absolute Gasteiger partial charge is 0.327 e. The Bertz CT molecular complexity index is 443. The quantitative estimate of drug-likeness (QED) is 0.899. The highest BCUT2D eigenvalue weighted by Crippen LogP contribution is 2.22. The molecule has 0 fully saturated rings. The van der Waals surface area contributed by atoms with E-state index in [0.717, 1.165) is 0 Å². The zero-order valence-corrected chi connectivity index (χ0v) is 12.3. The third kappa shape index (κ3) is 4.38. The number of benzene rings is 1. The molecule has 5 heteroatoms. The van der Waals surface area contributed by atoms with Crippen molar-refractivity contribution >= 4 is 27.5 Å². The summed E-state index contributed by atoms with van der Waals surface area (Å²) < 4.78 is 13.3. The fraction of sp³-hybridized carbons (Fsp3) is 0.462. The fourth-order valence-corrected chi connectivity index (χ4v) is 1.67. The predicted octanol–water partition coefficient (Wildman–Crippen LogP) is 3.29. The van der Waals surface area contributed by atoms with Gasteiger partial charge in [0.25, 0.3) is 0 Å². The number of rotatable bonds is 3. The van der Waals surface area contributed by atoms with E-state index in [2.05, 4.69) is 21.2 Å². The van der Waals surface area contributed by atoms with E-state index in [1.54, 1.807) is 0 Å². The number of nitrogens with two attached hydrogens (primary N) is 1. The Hall–Kier alpha value is -0.940. The summed E-state index contributed by atoms with van der Waals surface area (Å²) in [5.41, 5.74) is 6.36. The molecule has 0 aliphatic carbocycles. The number of nitrogens with one attached hydrogen (secondary N) is 1. The summed E-state index contributed by atoms with van der Waals surface area (Å²) in [4.78, 5) is 11.8. The first kappa shape index (κ1) is 15.1. The standard InChI is InChI=1S/C13H18BrFN2O/c1-13(2,3)11(16)7-12(18)17-8-4-5-10(15)9(14)6-8/h4-6,11H,7,16H2,1-3H3,(H,17,18). The van der Waals surface area contributed by atoms with Crippen molar-refractivity contribution in [1.82, 2.24) is 0 Å². The molecule has 1 aromatic carbocycles. The van der Waals surface area contributed by atoms with Crippen LogP contribution in [0, 0.1) is 11.2 Å². The van der Waals surface area contributed by atoms with Gasteiger partial charge in [-0.05, 0) is 39.5 Å². The van der Waals surface area contributed by atoms with Crippen LogP contribution in [0.2, 0.25) is 0 Å². The number of carbonyl (C=O) groups is 1. The van der Waals surface area contributed by atoms with E-state index in [1.807, 2.05) is 20.8 Å². The summed E-state index contributed by atoms with van der Waals surface area (Å²) >= 11 is 3.07. The van der Waals surface area contributed by atoms with Gasteiger partial charge in [-0.3, -0.25) is 4.79 Å². The van der Waals surface area contributed by atoms with Crippen molar-refractivity contribution in [2.24, 2.45) is 11.1 Å². The number of carbonyl (C=O) groups excluding carboxylic acids is 1. The second-order valence-electron chi connectivity index (χ2n) is 5.35. The molecule has 1 aromatic rings. The van der Waals surface area contributed by atoms with Crippen LogP contribution in [0.4, 0.5) is 10.1 Å². The molecule has 1 unspecified atom stereocenters. The lowest BCUT2D eigenvalue weighted by Gasteiger charge is -2.26. The normalized spacial score (nSPS) is 13.2. The smallest absolute Gasteiger partial charge is 0.225 e. The van der Waals surface area contributed by atoms with Crippen molar-refractivity contribution < 1.29 is 9.18 Å². The summed E-state index contributed by atoms with van der Waals surface area (Å²) in [7, 11) is 0. The van der Waals surface area contributed by atoms with Crippen molar-refractivity contribution in [1.29, 1.82) is 0 Å². The molecule has 0 radical (unpaired) electrons. The Morgan fingerprint density at radius 1 is 1.50 bits per heavy atom. The number of anilines is 1. The van der Waals surface area contributed by atoms with Gasteiger partial charge in [-0.1, -0.05) is 20.8 Å². The summed E-state index contributed by atoms with van der Waals surface area (Å²) in [5, 5.41) is 2.70. The number of hydrogen-bond acceptors (Lipinski definition) is 2. The van der Waals surface area contributed by atoms with Crippen molar-refractivity contribution in [3.8, 4) is 0 Å². The van der Waals surface area contributed by atoms with E-state index in [9.17, 15) is 9.18 Å². The van der Waals surface area contributed by atoms with Crippen LogP contribution >= 0.6 is 15.9 Å². The van der Waals surface area contributed by atoms with E-state index in [-0.39, 0.29) is 29.6 Å². The molecule has 0 heterocycles. The van der Waals surface area contributed by atoms with Crippen LogP contribution in [0.5, 0.6) is 0 Å². The molecule has 3 N–H and O–H groups in total. The molecule has 18 heavy (non-hydrogen) atoms. The zero-order valence-electron chi connectivity index (χ0n) is 10.8. The summed E-state index contributed by atoms with van der Waals surface area (Å²) in [6.07, 6.45) is 0.235. The van der Waals surface area contributed by atoms with Crippen LogP contribution in [0.1, 0.15) is 27.2 Å². The van der Waals surface area contributed by atoms with Gasteiger partial charge < -0.3 is 11.1 Å². The monoisotopic (exact) mass is 316 g/mol. The second kappa shape index (κ2) is 5.80. The topological polar surface area (TPSA) is 55.1 Å². The van der Waals surface area contributed by atoms with Gasteiger partial charge in [0.15, 0.2) is 0 Å². The Balaban J connectivity index is 2.62. The molecule has 1 rings (SSSR count). The van der Waals surface area contributed by atoms with Crippen molar-refractivity contribution in [3.05, 3.63) is 28.5 Å². The van der Waals surface area contributed by atoms with Gasteiger partial charge >= 0.3 is 0 Å². The molecule has 1 atom stereocenters. The van der Waals surface area contributed by atoms with Crippen molar-refractivity contribution in [2.45, 2.75) is 33.2 Å². The highest BCUT2D eigenvalue weighted by molar-refractivity contribution is 9.10. The number of hydrogen-bond donors (Lipinski definition) is 2. The van der Waals surface area contributed by atoms with Crippen LogP contribution in [-0.4, -0.2) is 11.9 Å². The van der Waals surface area contributed by atoms with E-state index in [1.165, 1.54) is 18.2 Å². The molecule has 0 aliphatic heterocycles. The maximum absolute atomic E-state index is 13.0. The van der Waals surface area contributed by atoms with Crippen LogP contribution in [0.3, 0.4) is 0 Å². The molecule has 3 nitrogen and oxygen atoms in total. The fourth-order valence-electron chi connectivity index (χ4n) is 1.29. The average Bonchev–Trinajstić information content (AvgIpc) is 2.22. The Morgan fingerprint density at radius 2 is 2.11 bits per heavy atom. The zero-order chi connectivity index (χ0) is 13.9. The highest BCUT2D eigenvalue weighted by Gasteiger charge is 2.23. The summed E-state index contributed by atoms with van der Waals surface area (Å²) in [5.74, 6) is -0.532. The minimum atomic E-state index is -0.362. The molecule has 0 spiro atoms. The maximum Gasteiger partial charge on any atom is 0.225 e. The van der Waals surface area contributed by atoms with Gasteiger partial charge in [-0.2, -0.15) is 0 Å². The van der Waals surface area contributed by atoms with Crippen molar-refractivity contribution in [3.63, 3.8) is 0 Å². The molecule has 0 bridgehead atoms. The van der Waals surface area contributed by atoms with Crippen LogP contribution < -0.4 is 11.1 Å². The van der Waals surface area contributed by atoms with Gasteiger partial charge in [0.2, 0.25) is 5.91 Å². The molecule has 0 saturated carbocycles. The molecule has 0 aromatic heterocycles. The lowest BCUT2D eigenvalue weighted by atomic mass is 9.85. The van der Waals surface area contributed by atoms with Gasteiger partial charge in [-0.25, -0.2) is 4.39 Å². The third-order valence-corrected chi connectivity index (χ3v) is 3.33. The molecule has 100 valence electrons. The molecular weight excluding hydrogens is 299 g/mol. The van der Waals surface area contributed by atoms with Gasteiger partial charge in [0.1, 0.15) is 5.82 Å². The Labute approximate surface area is 115 Å². The summed E-state index contributed by atoms with van der Waals surface area (Å²) in [6.45, 7) is 5.96. The SMILES string of the molecule is CC(C)(C)C(N)CC(=O)Nc1ccc(F)c(Br)c1. The van der Waals surface area contributed by atoms with Gasteiger partial charge in [0, 0.05) is 18.2 Å². The number of amides is 1. The Morgan fingerprint density at radius 3 is 2.61 bits per heavy atom. The van der Waals surface area contributed by atoms with Crippen LogP contribution in [0.15, 0.2) is 22.7 Å². The molecule has 1 amide bonds. The second-order valence-corrected chi connectivity index (χ2v) is 6.21. The third-order valence-electron chi connectivity index (χ3n) is 2.72. The van der Waals surface area contributed by atoms with Gasteiger partial charge in [-0.15, -0.1) is 0 Å².